The maximum atomic E-state index is 11.8. The highest BCUT2D eigenvalue weighted by Crippen LogP contribution is 1.99. The topological polar surface area (TPSA) is 46.0 Å². The fourth-order valence-electron chi connectivity index (χ4n) is 1.92. The molecular weight excluding hydrogens is 262 g/mol. The molecule has 0 bridgehead atoms. The second-order valence-electron chi connectivity index (χ2n) is 4.51. The van der Waals surface area contributed by atoms with E-state index in [0.29, 0.717) is 10.9 Å². The van der Waals surface area contributed by atoms with Crippen molar-refractivity contribution in [2.75, 3.05) is 0 Å². The molecule has 21 heavy (non-hydrogen) atoms. The summed E-state index contributed by atoms with van der Waals surface area (Å²) in [6, 6.07) is 19.3. The van der Waals surface area contributed by atoms with Gasteiger partial charge in [-0.3, -0.25) is 0 Å². The Kier molecular flexibility index (Phi) is 3.68. The highest BCUT2D eigenvalue weighted by atomic mass is 16.4. The molecule has 3 nitrogen and oxygen atoms in total. The van der Waals surface area contributed by atoms with E-state index in [0.717, 1.165) is 11.1 Å². The van der Waals surface area contributed by atoms with E-state index in [1.807, 2.05) is 60.7 Å². The molecule has 0 unspecified atom stereocenters. The Balaban J connectivity index is 2.05. The summed E-state index contributed by atoms with van der Waals surface area (Å²) < 4.78 is 5.12. The van der Waals surface area contributed by atoms with Gasteiger partial charge in [-0.2, -0.15) is 0 Å². The van der Waals surface area contributed by atoms with Gasteiger partial charge in [-0.25, -0.2) is 4.79 Å². The van der Waals surface area contributed by atoms with Crippen molar-refractivity contribution in [3.05, 3.63) is 93.1 Å². The van der Waals surface area contributed by atoms with Gasteiger partial charge in [-0.05, 0) is 23.3 Å². The van der Waals surface area contributed by atoms with Crippen molar-refractivity contribution in [3.8, 4) is 0 Å². The predicted octanol–water partition coefficient (Wildman–Crippen LogP) is 1.89. The minimum absolute atomic E-state index is 0.311. The maximum Gasteiger partial charge on any atom is 0.362 e. The summed E-state index contributed by atoms with van der Waals surface area (Å²) in [7, 11) is 0. The molecule has 0 spiro atoms. The van der Waals surface area contributed by atoms with E-state index >= 15 is 0 Å². The molecule has 0 amide bonds. The lowest BCUT2D eigenvalue weighted by Gasteiger charge is -1.87. The maximum absolute atomic E-state index is 11.8. The van der Waals surface area contributed by atoms with Crippen LogP contribution in [-0.2, 0) is 0 Å². The molecule has 0 fully saturated rings. The van der Waals surface area contributed by atoms with Gasteiger partial charge in [0.25, 0.3) is 0 Å². The van der Waals surface area contributed by atoms with Crippen LogP contribution in [0, 0.1) is 0 Å². The van der Waals surface area contributed by atoms with Gasteiger partial charge in [-0.15, -0.1) is 0 Å². The minimum atomic E-state index is -0.400. The molecule has 0 saturated carbocycles. The highest BCUT2D eigenvalue weighted by molar-refractivity contribution is 5.57. The smallest absolute Gasteiger partial charge is 0.362 e. The molecule has 0 radical (unpaired) electrons. The third-order valence-electron chi connectivity index (χ3n) is 2.94. The van der Waals surface area contributed by atoms with Crippen LogP contribution >= 0.6 is 0 Å². The van der Waals surface area contributed by atoms with E-state index < -0.39 is 5.63 Å². The Hall–Kier alpha value is -3.03. The molecule has 0 saturated heterocycles. The molecule has 1 heterocycles. The molecule has 2 aromatic carbocycles. The van der Waals surface area contributed by atoms with Crippen LogP contribution in [0.15, 0.2) is 69.9 Å². The van der Waals surface area contributed by atoms with Gasteiger partial charge in [0.15, 0.2) is 0 Å². The number of aromatic amines is 1. The quantitative estimate of drug-likeness (QED) is 0.776. The average Bonchev–Trinajstić information content (AvgIpc) is 2.87. The molecule has 1 aromatic heterocycles. The van der Waals surface area contributed by atoms with Crippen molar-refractivity contribution in [2.45, 2.75) is 0 Å². The monoisotopic (exact) mass is 275 g/mol. The molecule has 3 aromatic rings. The number of rotatable bonds is 2. The van der Waals surface area contributed by atoms with E-state index in [1.165, 1.54) is 0 Å². The van der Waals surface area contributed by atoms with Crippen molar-refractivity contribution < 1.29 is 4.42 Å². The number of oxazole rings is 1. The van der Waals surface area contributed by atoms with E-state index in [9.17, 15) is 4.79 Å². The van der Waals surface area contributed by atoms with Crippen LogP contribution < -0.4 is 16.5 Å². The Bertz CT molecular complexity index is 928. The zero-order valence-corrected chi connectivity index (χ0v) is 11.2. The van der Waals surface area contributed by atoms with Gasteiger partial charge >= 0.3 is 5.63 Å². The van der Waals surface area contributed by atoms with E-state index in [1.54, 1.807) is 12.2 Å². The van der Waals surface area contributed by atoms with Crippen molar-refractivity contribution in [1.82, 2.24) is 4.98 Å². The molecular formula is C18H13NO2. The minimum Gasteiger partial charge on any atom is -0.397 e. The summed E-state index contributed by atoms with van der Waals surface area (Å²) in [6.07, 6.45) is 3.51. The van der Waals surface area contributed by atoms with Crippen LogP contribution in [0.2, 0.25) is 0 Å². The molecule has 102 valence electrons. The van der Waals surface area contributed by atoms with Crippen LogP contribution in [0.5, 0.6) is 0 Å². The lowest BCUT2D eigenvalue weighted by Crippen LogP contribution is -2.20. The Labute approximate surface area is 121 Å². The third kappa shape index (κ3) is 3.30. The molecule has 3 rings (SSSR count). The highest BCUT2D eigenvalue weighted by Gasteiger charge is 1.95. The zero-order chi connectivity index (χ0) is 14.5. The fourth-order valence-corrected chi connectivity index (χ4v) is 1.92. The largest absolute Gasteiger partial charge is 0.397 e. The third-order valence-corrected chi connectivity index (χ3v) is 2.94. The van der Waals surface area contributed by atoms with Crippen LogP contribution in [0.4, 0.5) is 0 Å². The molecule has 3 heteroatoms. The Morgan fingerprint density at radius 2 is 1.52 bits per heavy atom. The molecule has 0 aliphatic carbocycles. The Morgan fingerprint density at radius 1 is 0.905 bits per heavy atom. The summed E-state index contributed by atoms with van der Waals surface area (Å²) in [5.74, 6) is 0. The summed E-state index contributed by atoms with van der Waals surface area (Å²) >= 11 is 0. The number of nitrogens with one attached hydrogen (secondary N) is 1. The van der Waals surface area contributed by atoms with E-state index in [2.05, 4.69) is 10.7 Å². The zero-order valence-electron chi connectivity index (χ0n) is 11.2. The number of hydrogen-bond acceptors (Lipinski definition) is 2. The van der Waals surface area contributed by atoms with Crippen molar-refractivity contribution >= 4 is 17.9 Å². The first kappa shape index (κ1) is 13.0. The van der Waals surface area contributed by atoms with Crippen molar-refractivity contribution in [3.63, 3.8) is 0 Å². The number of H-pyrrole nitrogens is 1. The summed E-state index contributed by atoms with van der Waals surface area (Å²) in [6.45, 7) is 0. The molecule has 0 aliphatic heterocycles. The first-order valence-electron chi connectivity index (χ1n) is 6.59. The summed E-state index contributed by atoms with van der Waals surface area (Å²) in [5, 5.41) is 0.408. The SMILES string of the molecule is O=c1oc(=C=Cc2ccccc2)[nH]c1=Cc1ccccc1. The fraction of sp³-hybridized carbons (Fsp3) is 0. The number of hydrogen-bond donors (Lipinski definition) is 1. The first-order chi connectivity index (χ1) is 10.3. The van der Waals surface area contributed by atoms with Gasteiger partial charge in [-0.1, -0.05) is 66.4 Å². The number of benzene rings is 2. The average molecular weight is 275 g/mol. The van der Waals surface area contributed by atoms with Crippen LogP contribution in [0.25, 0.3) is 17.9 Å². The van der Waals surface area contributed by atoms with Crippen LogP contribution in [-0.4, -0.2) is 4.98 Å². The van der Waals surface area contributed by atoms with Crippen molar-refractivity contribution in [2.24, 2.45) is 0 Å². The standard InChI is InChI=1S/C18H13NO2/c20-18-16(13-15-9-5-2-6-10-15)19-17(21-18)12-11-14-7-3-1-4-8-14/h1-11,13,19H. The summed E-state index contributed by atoms with van der Waals surface area (Å²) in [5.41, 5.74) is 4.78. The number of aromatic nitrogens is 1. The van der Waals surface area contributed by atoms with E-state index in [4.69, 9.17) is 4.42 Å². The van der Waals surface area contributed by atoms with Gasteiger partial charge in [0.2, 0.25) is 5.55 Å². The Morgan fingerprint density at radius 3 is 2.19 bits per heavy atom. The second kappa shape index (κ2) is 5.95. The van der Waals surface area contributed by atoms with E-state index in [-0.39, 0.29) is 0 Å². The lowest BCUT2D eigenvalue weighted by atomic mass is 10.2. The molecule has 1 N–H and O–H groups in total. The van der Waals surface area contributed by atoms with Crippen LogP contribution in [0.1, 0.15) is 11.1 Å². The van der Waals surface area contributed by atoms with Gasteiger partial charge in [0.05, 0.1) is 0 Å². The predicted molar refractivity (Wildman–Crippen MR) is 82.9 cm³/mol. The van der Waals surface area contributed by atoms with Gasteiger partial charge in [0, 0.05) is 0 Å². The summed E-state index contributed by atoms with van der Waals surface area (Å²) in [4.78, 5) is 14.7. The van der Waals surface area contributed by atoms with Crippen molar-refractivity contribution in [1.29, 1.82) is 0 Å². The molecule has 0 atom stereocenters. The molecule has 0 aliphatic rings. The first-order valence-corrected chi connectivity index (χ1v) is 6.59. The second-order valence-corrected chi connectivity index (χ2v) is 4.51. The van der Waals surface area contributed by atoms with Crippen LogP contribution in [0.3, 0.4) is 0 Å². The van der Waals surface area contributed by atoms with Gasteiger partial charge < -0.3 is 9.40 Å². The lowest BCUT2D eigenvalue weighted by molar-refractivity contribution is 0.487. The van der Waals surface area contributed by atoms with Gasteiger partial charge in [0.1, 0.15) is 5.35 Å². The normalized spacial score (nSPS) is 11.1.